The fraction of sp³-hybridized carbons (Fsp3) is 0.400. The van der Waals surface area contributed by atoms with Crippen molar-refractivity contribution < 1.29 is 4.74 Å². The van der Waals surface area contributed by atoms with Gasteiger partial charge in [0.25, 0.3) is 0 Å². The second-order valence-corrected chi connectivity index (χ2v) is 3.33. The predicted octanol–water partition coefficient (Wildman–Crippen LogP) is 3.22. The summed E-state index contributed by atoms with van der Waals surface area (Å²) in [7, 11) is 2.70. The van der Waals surface area contributed by atoms with Crippen molar-refractivity contribution >= 4 is 26.2 Å². The Bertz CT molecular complexity index is 240. The van der Waals surface area contributed by atoms with E-state index in [0.717, 1.165) is 24.9 Å². The maximum atomic E-state index is 5.56. The van der Waals surface area contributed by atoms with E-state index in [-0.39, 0.29) is 17.0 Å². The van der Waals surface area contributed by atoms with Gasteiger partial charge in [-0.05, 0) is 31.1 Å². The molecule has 0 saturated carbocycles. The Labute approximate surface area is 92.8 Å². The Kier molecular flexibility index (Phi) is 7.31. The van der Waals surface area contributed by atoms with E-state index in [1.165, 1.54) is 5.56 Å². The number of aryl methyl sites for hydroxylation is 1. The van der Waals surface area contributed by atoms with Crippen LogP contribution in [0.2, 0.25) is 0 Å². The minimum Gasteiger partial charge on any atom is -0.493 e. The topological polar surface area (TPSA) is 9.23 Å². The van der Waals surface area contributed by atoms with Crippen LogP contribution >= 0.6 is 26.2 Å². The van der Waals surface area contributed by atoms with Crippen LogP contribution in [0, 0.1) is 6.92 Å². The van der Waals surface area contributed by atoms with Crippen LogP contribution in [0.5, 0.6) is 5.75 Å². The van der Waals surface area contributed by atoms with Crippen molar-refractivity contribution in [3.63, 3.8) is 0 Å². The Morgan fingerprint density at radius 2 is 2.00 bits per heavy atom. The van der Waals surface area contributed by atoms with Gasteiger partial charge in [0, 0.05) is 0 Å². The molecule has 0 fully saturated rings. The summed E-state index contributed by atoms with van der Waals surface area (Å²) >= 11 is 0. The summed E-state index contributed by atoms with van der Waals surface area (Å²) in [5, 5.41) is 0. The van der Waals surface area contributed by atoms with Crippen molar-refractivity contribution in [2.24, 2.45) is 0 Å². The fourth-order valence-corrected chi connectivity index (χ4v) is 1.15. The molecule has 13 heavy (non-hydrogen) atoms. The van der Waals surface area contributed by atoms with Gasteiger partial charge in [0.1, 0.15) is 5.75 Å². The van der Waals surface area contributed by atoms with E-state index in [1.807, 2.05) is 18.2 Å². The first kappa shape index (κ1) is 12.9. The summed E-state index contributed by atoms with van der Waals surface area (Å²) in [6, 6.07) is 8.11. The van der Waals surface area contributed by atoms with Crippen LogP contribution < -0.4 is 4.74 Å². The third kappa shape index (κ3) is 4.64. The second-order valence-electron chi connectivity index (χ2n) is 2.76. The Balaban J connectivity index is 0.00000144. The SMILES string of the molecule is Br.Cc1ccccc1OCCCP. The molecule has 1 aromatic carbocycles. The molecule has 0 bridgehead atoms. The van der Waals surface area contributed by atoms with Gasteiger partial charge in [-0.15, -0.1) is 26.2 Å². The van der Waals surface area contributed by atoms with Crippen molar-refractivity contribution in [1.29, 1.82) is 0 Å². The lowest BCUT2D eigenvalue weighted by molar-refractivity contribution is 0.316. The van der Waals surface area contributed by atoms with Gasteiger partial charge in [0.15, 0.2) is 0 Å². The van der Waals surface area contributed by atoms with Crippen molar-refractivity contribution in [2.75, 3.05) is 12.8 Å². The molecule has 0 aliphatic heterocycles. The standard InChI is InChI=1S/C10H15OP.BrH/c1-9-5-2-3-6-10(9)11-7-4-8-12;/h2-3,5-6H,4,7-8,12H2,1H3;1H. The molecule has 1 atom stereocenters. The predicted molar refractivity (Wildman–Crippen MR) is 66.2 cm³/mol. The number of halogens is 1. The van der Waals surface area contributed by atoms with Crippen LogP contribution in [-0.4, -0.2) is 12.8 Å². The van der Waals surface area contributed by atoms with Crippen LogP contribution in [0.15, 0.2) is 24.3 Å². The largest absolute Gasteiger partial charge is 0.493 e. The molecule has 1 unspecified atom stereocenters. The number of ether oxygens (including phenoxy) is 1. The highest BCUT2D eigenvalue weighted by atomic mass is 79.9. The van der Waals surface area contributed by atoms with E-state index >= 15 is 0 Å². The molecule has 0 amide bonds. The second kappa shape index (κ2) is 7.34. The van der Waals surface area contributed by atoms with Crippen LogP contribution in [0.1, 0.15) is 12.0 Å². The molecule has 0 saturated heterocycles. The Morgan fingerprint density at radius 3 is 2.62 bits per heavy atom. The van der Waals surface area contributed by atoms with Crippen molar-refractivity contribution in [1.82, 2.24) is 0 Å². The molecule has 0 N–H and O–H groups in total. The van der Waals surface area contributed by atoms with Crippen LogP contribution in [0.3, 0.4) is 0 Å². The molecule has 74 valence electrons. The molecule has 0 aromatic heterocycles. The average molecular weight is 263 g/mol. The maximum Gasteiger partial charge on any atom is 0.122 e. The summed E-state index contributed by atoms with van der Waals surface area (Å²) in [4.78, 5) is 0. The number of hydrogen-bond donors (Lipinski definition) is 0. The first-order valence-corrected chi connectivity index (χ1v) is 5.04. The molecule has 0 heterocycles. The van der Waals surface area contributed by atoms with Gasteiger partial charge < -0.3 is 4.74 Å². The number of hydrogen-bond acceptors (Lipinski definition) is 1. The zero-order valence-electron chi connectivity index (χ0n) is 7.82. The van der Waals surface area contributed by atoms with E-state index in [2.05, 4.69) is 22.2 Å². The van der Waals surface area contributed by atoms with E-state index in [0.29, 0.717) is 0 Å². The van der Waals surface area contributed by atoms with Crippen LogP contribution in [0.25, 0.3) is 0 Å². The van der Waals surface area contributed by atoms with Gasteiger partial charge in [0.2, 0.25) is 0 Å². The third-order valence-electron chi connectivity index (χ3n) is 1.70. The average Bonchev–Trinajstić information content (AvgIpc) is 2.09. The van der Waals surface area contributed by atoms with Gasteiger partial charge in [-0.1, -0.05) is 18.2 Å². The lowest BCUT2D eigenvalue weighted by atomic mass is 10.2. The van der Waals surface area contributed by atoms with Gasteiger partial charge in [-0.3, -0.25) is 0 Å². The quantitative estimate of drug-likeness (QED) is 0.598. The van der Waals surface area contributed by atoms with Crippen molar-refractivity contribution in [3.05, 3.63) is 29.8 Å². The monoisotopic (exact) mass is 262 g/mol. The van der Waals surface area contributed by atoms with E-state index in [1.54, 1.807) is 0 Å². The molecule has 0 aliphatic rings. The van der Waals surface area contributed by atoms with Crippen LogP contribution in [-0.2, 0) is 0 Å². The smallest absolute Gasteiger partial charge is 0.122 e. The van der Waals surface area contributed by atoms with E-state index in [4.69, 9.17) is 4.74 Å². The highest BCUT2D eigenvalue weighted by Crippen LogP contribution is 2.16. The molecular formula is C10H16BrOP. The molecule has 3 heteroatoms. The van der Waals surface area contributed by atoms with E-state index < -0.39 is 0 Å². The van der Waals surface area contributed by atoms with Gasteiger partial charge in [-0.25, -0.2) is 0 Å². The lowest BCUT2D eigenvalue weighted by Gasteiger charge is -2.07. The summed E-state index contributed by atoms with van der Waals surface area (Å²) in [6.07, 6.45) is 2.20. The Hall–Kier alpha value is -0.0700. The zero-order valence-corrected chi connectivity index (χ0v) is 10.7. The highest BCUT2D eigenvalue weighted by molar-refractivity contribution is 8.93. The number of rotatable bonds is 4. The summed E-state index contributed by atoms with van der Waals surface area (Å²) < 4.78 is 5.56. The first-order chi connectivity index (χ1) is 5.84. The summed E-state index contributed by atoms with van der Waals surface area (Å²) in [5.41, 5.74) is 1.21. The van der Waals surface area contributed by atoms with Gasteiger partial charge in [-0.2, -0.15) is 0 Å². The first-order valence-electron chi connectivity index (χ1n) is 4.23. The zero-order chi connectivity index (χ0) is 8.81. The molecule has 0 radical (unpaired) electrons. The highest BCUT2D eigenvalue weighted by Gasteiger charge is 1.95. The minimum absolute atomic E-state index is 0. The van der Waals surface area contributed by atoms with Gasteiger partial charge in [0.05, 0.1) is 6.61 Å². The lowest BCUT2D eigenvalue weighted by Crippen LogP contribution is -1.98. The van der Waals surface area contributed by atoms with Crippen molar-refractivity contribution in [2.45, 2.75) is 13.3 Å². The molecule has 0 aliphatic carbocycles. The number of benzene rings is 1. The van der Waals surface area contributed by atoms with E-state index in [9.17, 15) is 0 Å². The molecule has 1 aromatic rings. The minimum atomic E-state index is 0. The fourth-order valence-electron chi connectivity index (χ4n) is 0.984. The van der Waals surface area contributed by atoms with Gasteiger partial charge >= 0.3 is 0 Å². The molecule has 1 nitrogen and oxygen atoms in total. The van der Waals surface area contributed by atoms with Crippen molar-refractivity contribution in [3.8, 4) is 5.75 Å². The Morgan fingerprint density at radius 1 is 1.31 bits per heavy atom. The summed E-state index contributed by atoms with van der Waals surface area (Å²) in [6.45, 7) is 2.88. The maximum absolute atomic E-state index is 5.56. The molecule has 0 spiro atoms. The third-order valence-corrected chi connectivity index (χ3v) is 2.11. The summed E-state index contributed by atoms with van der Waals surface area (Å²) in [5.74, 6) is 1.01. The molecule has 1 rings (SSSR count). The normalized spacial score (nSPS) is 9.08. The molecular weight excluding hydrogens is 247 g/mol. The van der Waals surface area contributed by atoms with Crippen LogP contribution in [0.4, 0.5) is 0 Å². The number of para-hydroxylation sites is 1.